The maximum atomic E-state index is 12.4. The number of aromatic nitrogens is 1. The van der Waals surface area contributed by atoms with Gasteiger partial charge in [0, 0.05) is 30.9 Å². The molecule has 1 aliphatic heterocycles. The summed E-state index contributed by atoms with van der Waals surface area (Å²) in [5.74, 6) is 0.403. The van der Waals surface area contributed by atoms with E-state index in [1.165, 1.54) is 5.69 Å². The number of aryl methyl sites for hydroxylation is 2. The van der Waals surface area contributed by atoms with E-state index in [2.05, 4.69) is 39.6 Å². The zero-order valence-electron chi connectivity index (χ0n) is 15.0. The molecule has 0 saturated carbocycles. The number of carbonyl (C=O) groups excluding carboxylic acids is 1. The van der Waals surface area contributed by atoms with Gasteiger partial charge in [0.2, 0.25) is 5.91 Å². The second-order valence-electron chi connectivity index (χ2n) is 6.44. The lowest BCUT2D eigenvalue weighted by atomic mass is 9.98. The molecule has 134 valence electrons. The minimum Gasteiger partial charge on any atom is -0.378 e. The Morgan fingerprint density at radius 1 is 1.24 bits per heavy atom. The van der Waals surface area contributed by atoms with E-state index in [1.54, 1.807) is 0 Å². The average molecular weight is 343 g/mol. The standard InChI is InChI=1S/C19H25N3O3/c1-13(18-14(2)21-25-15(18)3)19(23)20-12-16-4-6-17(7-5-16)22-8-10-24-11-9-22/h4-7,13H,8-12H2,1-3H3,(H,20,23)/t13-/m0/s1. The molecule has 6 nitrogen and oxygen atoms in total. The molecule has 1 aromatic heterocycles. The summed E-state index contributed by atoms with van der Waals surface area (Å²) in [5, 5.41) is 6.92. The van der Waals surface area contributed by atoms with E-state index < -0.39 is 0 Å². The Bertz CT molecular complexity index is 699. The van der Waals surface area contributed by atoms with Crippen LogP contribution in [0, 0.1) is 13.8 Å². The molecule has 1 atom stereocenters. The monoisotopic (exact) mass is 343 g/mol. The van der Waals surface area contributed by atoms with Crippen molar-refractivity contribution >= 4 is 11.6 Å². The van der Waals surface area contributed by atoms with Crippen LogP contribution in [0.3, 0.4) is 0 Å². The van der Waals surface area contributed by atoms with Gasteiger partial charge in [-0.1, -0.05) is 17.3 Å². The third-order valence-electron chi connectivity index (χ3n) is 4.69. The molecule has 1 fully saturated rings. The zero-order valence-corrected chi connectivity index (χ0v) is 15.0. The number of hydrogen-bond acceptors (Lipinski definition) is 5. The van der Waals surface area contributed by atoms with Crippen LogP contribution < -0.4 is 10.2 Å². The zero-order chi connectivity index (χ0) is 17.8. The van der Waals surface area contributed by atoms with Crippen LogP contribution in [0.1, 0.15) is 35.4 Å². The van der Waals surface area contributed by atoms with Gasteiger partial charge >= 0.3 is 0 Å². The molecule has 3 rings (SSSR count). The predicted molar refractivity (Wildman–Crippen MR) is 95.7 cm³/mol. The van der Waals surface area contributed by atoms with E-state index >= 15 is 0 Å². The third kappa shape index (κ3) is 4.02. The van der Waals surface area contributed by atoms with Gasteiger partial charge in [0.25, 0.3) is 0 Å². The number of hydrogen-bond donors (Lipinski definition) is 1. The fourth-order valence-electron chi connectivity index (χ4n) is 3.23. The summed E-state index contributed by atoms with van der Waals surface area (Å²) in [6.45, 7) is 9.48. The Balaban J connectivity index is 1.57. The first kappa shape index (κ1) is 17.5. The molecular weight excluding hydrogens is 318 g/mol. The Morgan fingerprint density at radius 3 is 2.52 bits per heavy atom. The Hall–Kier alpha value is -2.34. The molecule has 25 heavy (non-hydrogen) atoms. The molecule has 6 heteroatoms. The average Bonchev–Trinajstić information content (AvgIpc) is 2.98. The van der Waals surface area contributed by atoms with Crippen LogP contribution in [-0.4, -0.2) is 37.4 Å². The molecule has 0 bridgehead atoms. The second-order valence-corrected chi connectivity index (χ2v) is 6.44. The lowest BCUT2D eigenvalue weighted by Gasteiger charge is -2.28. The van der Waals surface area contributed by atoms with Crippen molar-refractivity contribution in [2.24, 2.45) is 0 Å². The van der Waals surface area contributed by atoms with Gasteiger partial charge in [-0.3, -0.25) is 4.79 Å². The maximum Gasteiger partial charge on any atom is 0.227 e. The SMILES string of the molecule is Cc1noc(C)c1[C@H](C)C(=O)NCc1ccc(N2CCOCC2)cc1. The number of anilines is 1. The number of carbonyl (C=O) groups is 1. The van der Waals surface area contributed by atoms with Gasteiger partial charge in [-0.25, -0.2) is 0 Å². The number of rotatable bonds is 5. The topological polar surface area (TPSA) is 67.6 Å². The van der Waals surface area contributed by atoms with Crippen LogP contribution >= 0.6 is 0 Å². The molecule has 1 amide bonds. The highest BCUT2D eigenvalue weighted by molar-refractivity contribution is 5.83. The summed E-state index contributed by atoms with van der Waals surface area (Å²) in [6.07, 6.45) is 0. The predicted octanol–water partition coefficient (Wildman–Crippen LogP) is 2.55. The van der Waals surface area contributed by atoms with Crippen molar-refractivity contribution < 1.29 is 14.1 Å². The molecular formula is C19H25N3O3. The van der Waals surface area contributed by atoms with Crippen LogP contribution in [0.2, 0.25) is 0 Å². The molecule has 1 aliphatic rings. The summed E-state index contributed by atoms with van der Waals surface area (Å²) in [7, 11) is 0. The highest BCUT2D eigenvalue weighted by atomic mass is 16.5. The highest BCUT2D eigenvalue weighted by Gasteiger charge is 2.22. The quantitative estimate of drug-likeness (QED) is 0.904. The Morgan fingerprint density at radius 2 is 1.92 bits per heavy atom. The highest BCUT2D eigenvalue weighted by Crippen LogP contribution is 2.23. The Kier molecular flexibility index (Phi) is 5.38. The van der Waals surface area contributed by atoms with Crippen LogP contribution in [0.4, 0.5) is 5.69 Å². The molecule has 2 heterocycles. The lowest BCUT2D eigenvalue weighted by molar-refractivity contribution is -0.122. The molecule has 0 spiro atoms. The molecule has 1 N–H and O–H groups in total. The summed E-state index contributed by atoms with van der Waals surface area (Å²) < 4.78 is 10.5. The second kappa shape index (κ2) is 7.70. The lowest BCUT2D eigenvalue weighted by Crippen LogP contribution is -2.36. The largest absolute Gasteiger partial charge is 0.378 e. The number of nitrogens with zero attached hydrogens (tertiary/aromatic N) is 2. The smallest absolute Gasteiger partial charge is 0.227 e. The molecule has 0 radical (unpaired) electrons. The van der Waals surface area contributed by atoms with E-state index in [9.17, 15) is 4.79 Å². The van der Waals surface area contributed by atoms with Gasteiger partial charge in [-0.05, 0) is 38.5 Å². The van der Waals surface area contributed by atoms with Gasteiger partial charge in [0.15, 0.2) is 0 Å². The third-order valence-corrected chi connectivity index (χ3v) is 4.69. The van der Waals surface area contributed by atoms with Crippen molar-refractivity contribution in [3.05, 3.63) is 46.8 Å². The van der Waals surface area contributed by atoms with E-state index in [4.69, 9.17) is 9.26 Å². The van der Waals surface area contributed by atoms with E-state index in [-0.39, 0.29) is 11.8 Å². The number of amides is 1. The number of nitrogens with one attached hydrogen (secondary N) is 1. The first-order chi connectivity index (χ1) is 12.1. The minimum absolute atomic E-state index is 0.0216. The molecule has 1 saturated heterocycles. The molecule has 0 aliphatic carbocycles. The van der Waals surface area contributed by atoms with Crippen molar-refractivity contribution in [1.82, 2.24) is 10.5 Å². The van der Waals surface area contributed by atoms with Crippen molar-refractivity contribution in [3.63, 3.8) is 0 Å². The molecule has 0 unspecified atom stereocenters. The maximum absolute atomic E-state index is 12.4. The minimum atomic E-state index is -0.279. The van der Waals surface area contributed by atoms with Gasteiger partial charge in [0.1, 0.15) is 5.76 Å². The summed E-state index contributed by atoms with van der Waals surface area (Å²) >= 11 is 0. The number of morpholine rings is 1. The van der Waals surface area contributed by atoms with Crippen LogP contribution in [0.15, 0.2) is 28.8 Å². The molecule has 2 aromatic rings. The van der Waals surface area contributed by atoms with Gasteiger partial charge in [-0.2, -0.15) is 0 Å². The van der Waals surface area contributed by atoms with Crippen molar-refractivity contribution in [3.8, 4) is 0 Å². The summed E-state index contributed by atoms with van der Waals surface area (Å²) in [4.78, 5) is 14.7. The number of benzene rings is 1. The normalized spacial score (nSPS) is 15.9. The van der Waals surface area contributed by atoms with Gasteiger partial charge in [-0.15, -0.1) is 0 Å². The fraction of sp³-hybridized carbons (Fsp3) is 0.474. The van der Waals surface area contributed by atoms with E-state index in [0.717, 1.165) is 43.1 Å². The fourth-order valence-corrected chi connectivity index (χ4v) is 3.23. The van der Waals surface area contributed by atoms with E-state index in [1.807, 2.05) is 20.8 Å². The summed E-state index contributed by atoms with van der Waals surface area (Å²) in [5.41, 5.74) is 3.92. The van der Waals surface area contributed by atoms with Crippen molar-refractivity contribution in [1.29, 1.82) is 0 Å². The first-order valence-electron chi connectivity index (χ1n) is 8.68. The van der Waals surface area contributed by atoms with Gasteiger partial charge < -0.3 is 19.5 Å². The van der Waals surface area contributed by atoms with Crippen molar-refractivity contribution in [2.45, 2.75) is 33.2 Å². The van der Waals surface area contributed by atoms with Crippen molar-refractivity contribution in [2.75, 3.05) is 31.2 Å². The Labute approximate surface area is 148 Å². The van der Waals surface area contributed by atoms with Crippen LogP contribution in [-0.2, 0) is 16.1 Å². The first-order valence-corrected chi connectivity index (χ1v) is 8.68. The summed E-state index contributed by atoms with van der Waals surface area (Å²) in [6, 6.07) is 8.33. The van der Waals surface area contributed by atoms with E-state index in [0.29, 0.717) is 12.3 Å². The van der Waals surface area contributed by atoms with Gasteiger partial charge in [0.05, 0.1) is 24.8 Å². The molecule has 1 aromatic carbocycles. The van der Waals surface area contributed by atoms with Crippen LogP contribution in [0.25, 0.3) is 0 Å². The number of ether oxygens (including phenoxy) is 1. The van der Waals surface area contributed by atoms with Crippen LogP contribution in [0.5, 0.6) is 0 Å².